The number of ether oxygens (including phenoxy) is 2. The van der Waals surface area contributed by atoms with Gasteiger partial charge < -0.3 is 20.5 Å². The van der Waals surface area contributed by atoms with Crippen molar-refractivity contribution in [2.45, 2.75) is 19.5 Å². The molecule has 0 unspecified atom stereocenters. The van der Waals surface area contributed by atoms with Gasteiger partial charge in [-0.05, 0) is 35.7 Å². The number of halogens is 1. The molecule has 1 amide bonds. The molecule has 3 aromatic carbocycles. The topological polar surface area (TPSA) is 73.6 Å². The second kappa shape index (κ2) is 10.7. The predicted octanol–water partition coefficient (Wildman–Crippen LogP) is 4.48. The van der Waals surface area contributed by atoms with Crippen molar-refractivity contribution in [1.82, 2.24) is 5.32 Å². The molecule has 6 heteroatoms. The van der Waals surface area contributed by atoms with Gasteiger partial charge in [-0.1, -0.05) is 72.3 Å². The van der Waals surface area contributed by atoms with Gasteiger partial charge in [-0.15, -0.1) is 0 Å². The fourth-order valence-electron chi connectivity index (χ4n) is 3.21. The van der Waals surface area contributed by atoms with E-state index in [0.29, 0.717) is 29.7 Å². The maximum atomic E-state index is 11.1. The molecule has 0 aromatic heterocycles. The molecule has 3 rings (SSSR count). The van der Waals surface area contributed by atoms with Crippen LogP contribution in [-0.2, 0) is 11.3 Å². The molecule has 0 heterocycles. The molecule has 5 nitrogen and oxygen atoms in total. The Kier molecular flexibility index (Phi) is 7.71. The van der Waals surface area contributed by atoms with Crippen LogP contribution in [0.25, 0.3) is 0 Å². The van der Waals surface area contributed by atoms with Crippen LogP contribution in [0.15, 0.2) is 72.8 Å². The average Bonchev–Trinajstić information content (AvgIpc) is 2.75. The first-order valence-corrected chi connectivity index (χ1v) is 10.2. The number of benzene rings is 3. The molecular formula is C24H25ClN2O3. The van der Waals surface area contributed by atoms with Gasteiger partial charge in [0.15, 0.2) is 18.1 Å². The fourth-order valence-corrected chi connectivity index (χ4v) is 3.50. The summed E-state index contributed by atoms with van der Waals surface area (Å²) >= 11 is 6.42. The summed E-state index contributed by atoms with van der Waals surface area (Å²) in [5, 5.41) is 3.98. The van der Waals surface area contributed by atoms with Crippen molar-refractivity contribution >= 4 is 17.5 Å². The zero-order valence-corrected chi connectivity index (χ0v) is 17.6. The van der Waals surface area contributed by atoms with E-state index in [1.54, 1.807) is 6.07 Å². The summed E-state index contributed by atoms with van der Waals surface area (Å²) in [7, 11) is 0. The highest BCUT2D eigenvalue weighted by molar-refractivity contribution is 6.32. The minimum absolute atomic E-state index is 0.0208. The predicted molar refractivity (Wildman–Crippen MR) is 119 cm³/mol. The van der Waals surface area contributed by atoms with E-state index < -0.39 is 5.91 Å². The molecule has 0 bridgehead atoms. The summed E-state index contributed by atoms with van der Waals surface area (Å²) < 4.78 is 11.1. The Bertz CT molecular complexity index is 925. The van der Waals surface area contributed by atoms with Crippen LogP contribution < -0.4 is 20.5 Å². The number of hydrogen-bond acceptors (Lipinski definition) is 4. The van der Waals surface area contributed by atoms with E-state index in [-0.39, 0.29) is 12.6 Å². The van der Waals surface area contributed by atoms with Gasteiger partial charge in [0.2, 0.25) is 0 Å². The van der Waals surface area contributed by atoms with Crippen LogP contribution in [0, 0.1) is 0 Å². The Hall–Kier alpha value is -3.02. The van der Waals surface area contributed by atoms with Gasteiger partial charge in [0, 0.05) is 6.54 Å². The standard InChI is InChI=1S/C24H25ClN2O3/c1-2-29-21-14-17(13-20(25)24(21)30-16-22(26)28)15-27-23(18-9-5-3-6-10-18)19-11-7-4-8-12-19/h3-14,23,27H,2,15-16H2,1H3,(H2,26,28). The number of carbonyl (C=O) groups is 1. The molecule has 0 aliphatic carbocycles. The summed E-state index contributed by atoms with van der Waals surface area (Å²) in [6.45, 7) is 2.61. The van der Waals surface area contributed by atoms with Gasteiger partial charge in [0.05, 0.1) is 17.7 Å². The van der Waals surface area contributed by atoms with Crippen molar-refractivity contribution in [3.8, 4) is 11.5 Å². The van der Waals surface area contributed by atoms with E-state index in [2.05, 4.69) is 29.6 Å². The zero-order chi connectivity index (χ0) is 21.3. The Morgan fingerprint density at radius 1 is 1.00 bits per heavy atom. The molecule has 0 aliphatic heterocycles. The lowest BCUT2D eigenvalue weighted by Gasteiger charge is -2.21. The molecule has 0 radical (unpaired) electrons. The van der Waals surface area contributed by atoms with Crippen LogP contribution in [0.2, 0.25) is 5.02 Å². The first kappa shape index (κ1) is 21.7. The summed E-state index contributed by atoms with van der Waals surface area (Å²) in [4.78, 5) is 11.1. The minimum Gasteiger partial charge on any atom is -0.490 e. The van der Waals surface area contributed by atoms with E-state index in [9.17, 15) is 4.79 Å². The smallest absolute Gasteiger partial charge is 0.255 e. The van der Waals surface area contributed by atoms with Crippen LogP contribution in [0.5, 0.6) is 11.5 Å². The number of rotatable bonds is 10. The molecule has 0 saturated carbocycles. The van der Waals surface area contributed by atoms with Crippen LogP contribution in [0.4, 0.5) is 0 Å². The van der Waals surface area contributed by atoms with Crippen molar-refractivity contribution in [2.75, 3.05) is 13.2 Å². The third-order valence-corrected chi connectivity index (χ3v) is 4.78. The van der Waals surface area contributed by atoms with Crippen LogP contribution in [0.3, 0.4) is 0 Å². The molecule has 156 valence electrons. The monoisotopic (exact) mass is 424 g/mol. The number of primary amides is 1. The number of amides is 1. The molecule has 3 aromatic rings. The maximum Gasteiger partial charge on any atom is 0.255 e. The molecule has 3 N–H and O–H groups in total. The van der Waals surface area contributed by atoms with Crippen molar-refractivity contribution in [1.29, 1.82) is 0 Å². The van der Waals surface area contributed by atoms with Gasteiger partial charge in [-0.3, -0.25) is 4.79 Å². The van der Waals surface area contributed by atoms with Gasteiger partial charge in [-0.25, -0.2) is 0 Å². The van der Waals surface area contributed by atoms with Gasteiger partial charge in [0.1, 0.15) is 0 Å². The third-order valence-electron chi connectivity index (χ3n) is 4.50. The Balaban J connectivity index is 1.84. The van der Waals surface area contributed by atoms with E-state index in [0.717, 1.165) is 5.56 Å². The van der Waals surface area contributed by atoms with E-state index in [4.69, 9.17) is 26.8 Å². The Morgan fingerprint density at radius 3 is 2.13 bits per heavy atom. The molecule has 30 heavy (non-hydrogen) atoms. The van der Waals surface area contributed by atoms with Gasteiger partial charge in [0.25, 0.3) is 5.91 Å². The minimum atomic E-state index is -0.576. The molecule has 0 fully saturated rings. The largest absolute Gasteiger partial charge is 0.490 e. The first-order valence-electron chi connectivity index (χ1n) is 9.78. The van der Waals surface area contributed by atoms with Crippen molar-refractivity contribution in [3.05, 3.63) is 94.5 Å². The second-order valence-corrected chi connectivity index (χ2v) is 7.14. The van der Waals surface area contributed by atoms with Crippen LogP contribution in [-0.4, -0.2) is 19.1 Å². The lowest BCUT2D eigenvalue weighted by Crippen LogP contribution is -2.22. The number of nitrogens with one attached hydrogen (secondary N) is 1. The highest BCUT2D eigenvalue weighted by Crippen LogP contribution is 2.37. The lowest BCUT2D eigenvalue weighted by molar-refractivity contribution is -0.119. The summed E-state index contributed by atoms with van der Waals surface area (Å²) in [5.74, 6) is 0.232. The number of nitrogens with two attached hydrogens (primary N) is 1. The normalized spacial score (nSPS) is 10.8. The average molecular weight is 425 g/mol. The van der Waals surface area contributed by atoms with Crippen molar-refractivity contribution in [2.24, 2.45) is 5.73 Å². The SMILES string of the molecule is CCOc1cc(CNC(c2ccccc2)c2ccccc2)cc(Cl)c1OCC(N)=O. The summed E-state index contributed by atoms with van der Waals surface area (Å²) in [6, 6.07) is 24.2. The quantitative estimate of drug-likeness (QED) is 0.503. The van der Waals surface area contributed by atoms with Gasteiger partial charge in [-0.2, -0.15) is 0 Å². The number of carbonyl (C=O) groups excluding carboxylic acids is 1. The Morgan fingerprint density at radius 2 is 1.60 bits per heavy atom. The van der Waals surface area contributed by atoms with Crippen molar-refractivity contribution in [3.63, 3.8) is 0 Å². The third kappa shape index (κ3) is 5.75. The second-order valence-electron chi connectivity index (χ2n) is 6.73. The number of hydrogen-bond donors (Lipinski definition) is 2. The molecule has 0 aliphatic rings. The molecular weight excluding hydrogens is 400 g/mol. The van der Waals surface area contributed by atoms with Gasteiger partial charge >= 0.3 is 0 Å². The maximum absolute atomic E-state index is 11.1. The summed E-state index contributed by atoms with van der Waals surface area (Å²) in [5.41, 5.74) is 8.45. The highest BCUT2D eigenvalue weighted by atomic mass is 35.5. The van der Waals surface area contributed by atoms with Crippen LogP contribution >= 0.6 is 11.6 Å². The zero-order valence-electron chi connectivity index (χ0n) is 16.8. The van der Waals surface area contributed by atoms with E-state index >= 15 is 0 Å². The van der Waals surface area contributed by atoms with Crippen LogP contribution in [0.1, 0.15) is 29.7 Å². The fraction of sp³-hybridized carbons (Fsp3) is 0.208. The Labute approximate surface area is 181 Å². The van der Waals surface area contributed by atoms with E-state index in [1.807, 2.05) is 49.4 Å². The molecule has 0 atom stereocenters. The molecule has 0 spiro atoms. The van der Waals surface area contributed by atoms with E-state index in [1.165, 1.54) is 11.1 Å². The highest BCUT2D eigenvalue weighted by Gasteiger charge is 2.16. The lowest BCUT2D eigenvalue weighted by atomic mass is 9.98. The molecule has 0 saturated heterocycles. The summed E-state index contributed by atoms with van der Waals surface area (Å²) in [6.07, 6.45) is 0. The van der Waals surface area contributed by atoms with Crippen molar-refractivity contribution < 1.29 is 14.3 Å². The first-order chi connectivity index (χ1) is 14.6.